The zero-order chi connectivity index (χ0) is 25.6. The molecular formula is C24H24F4N2O4S. The average Bonchev–Trinajstić information content (AvgIpc) is 3.06. The fraction of sp³-hybridized carbons (Fsp3) is 0.333. The fourth-order valence-electron chi connectivity index (χ4n) is 3.30. The molecule has 3 rings (SSSR count). The van der Waals surface area contributed by atoms with E-state index in [4.69, 9.17) is 21.7 Å². The van der Waals surface area contributed by atoms with E-state index < -0.39 is 24.2 Å². The summed E-state index contributed by atoms with van der Waals surface area (Å²) in [7, 11) is 0. The number of halogens is 4. The average molecular weight is 513 g/mol. The first-order valence-corrected chi connectivity index (χ1v) is 11.2. The number of nitrogens with zero attached hydrogens (tertiary/aromatic N) is 1. The maximum absolute atomic E-state index is 13.2. The minimum absolute atomic E-state index is 0.120. The van der Waals surface area contributed by atoms with Crippen LogP contribution >= 0.6 is 12.2 Å². The van der Waals surface area contributed by atoms with Crippen LogP contribution in [-0.2, 0) is 11.2 Å². The van der Waals surface area contributed by atoms with Crippen LogP contribution in [0.3, 0.4) is 0 Å². The highest BCUT2D eigenvalue weighted by molar-refractivity contribution is 7.80. The number of carbonyl (C=O) groups excluding carboxylic acids is 1. The zero-order valence-corrected chi connectivity index (χ0v) is 19.8. The molecule has 11 heteroatoms. The Balaban J connectivity index is 1.70. The molecule has 188 valence electrons. The van der Waals surface area contributed by atoms with Gasteiger partial charge in [0.05, 0.1) is 13.2 Å². The second-order valence-electron chi connectivity index (χ2n) is 7.38. The van der Waals surface area contributed by atoms with Gasteiger partial charge in [0.2, 0.25) is 0 Å². The number of ether oxygens (including phenoxy) is 3. The predicted molar refractivity (Wildman–Crippen MR) is 126 cm³/mol. The molecule has 1 fully saturated rings. The monoisotopic (exact) mass is 512 g/mol. The third-order valence-electron chi connectivity index (χ3n) is 4.87. The van der Waals surface area contributed by atoms with Crippen molar-refractivity contribution < 1.29 is 36.6 Å². The van der Waals surface area contributed by atoms with Crippen LogP contribution in [0.1, 0.15) is 25.0 Å². The topological polar surface area (TPSA) is 60.0 Å². The molecule has 1 heterocycles. The van der Waals surface area contributed by atoms with Crippen LogP contribution in [0.5, 0.6) is 17.2 Å². The Bertz CT molecular complexity index is 1110. The lowest BCUT2D eigenvalue weighted by Gasteiger charge is -2.17. The number of nitrogens with one attached hydrogen (secondary N) is 1. The van der Waals surface area contributed by atoms with Crippen molar-refractivity contribution in [1.29, 1.82) is 0 Å². The molecule has 0 spiro atoms. The van der Waals surface area contributed by atoms with Crippen molar-refractivity contribution in [3.63, 3.8) is 0 Å². The Labute approximate surface area is 205 Å². The highest BCUT2D eigenvalue weighted by Crippen LogP contribution is 2.30. The molecule has 0 bridgehead atoms. The number of carbonyl (C=O) groups is 1. The van der Waals surface area contributed by atoms with Gasteiger partial charge in [-0.25, -0.2) is 0 Å². The van der Waals surface area contributed by atoms with Crippen LogP contribution in [0.4, 0.5) is 17.6 Å². The van der Waals surface area contributed by atoms with Gasteiger partial charge in [-0.3, -0.25) is 9.69 Å². The largest absolute Gasteiger partial charge is 0.490 e. The van der Waals surface area contributed by atoms with Crippen molar-refractivity contribution >= 4 is 29.3 Å². The van der Waals surface area contributed by atoms with Crippen LogP contribution in [0, 0.1) is 0 Å². The number of alkyl halides is 4. The van der Waals surface area contributed by atoms with Crippen LogP contribution in [-0.4, -0.2) is 48.2 Å². The van der Waals surface area contributed by atoms with Crippen LogP contribution < -0.4 is 19.5 Å². The number of hydrogen-bond acceptors (Lipinski definition) is 5. The maximum atomic E-state index is 13.2. The number of amides is 1. The molecule has 0 aliphatic carbocycles. The molecule has 0 unspecified atom stereocenters. The molecule has 35 heavy (non-hydrogen) atoms. The van der Waals surface area contributed by atoms with Gasteiger partial charge < -0.3 is 19.5 Å². The highest BCUT2D eigenvalue weighted by Gasteiger charge is 2.44. The lowest BCUT2D eigenvalue weighted by molar-refractivity contribution is -0.253. The van der Waals surface area contributed by atoms with E-state index in [1.54, 1.807) is 0 Å². The Hall–Kier alpha value is -3.34. The lowest BCUT2D eigenvalue weighted by Crippen LogP contribution is -2.33. The van der Waals surface area contributed by atoms with Gasteiger partial charge in [-0.05, 0) is 74.0 Å². The SMILES string of the molecule is CCOc1ccc(CCN2C(=O)/C(=C\c3cccc(OC(F)(F)C(F)F)c3)NC2=S)cc1OCC. The van der Waals surface area contributed by atoms with Gasteiger partial charge in [-0.2, -0.15) is 17.6 Å². The molecule has 0 saturated carbocycles. The van der Waals surface area contributed by atoms with E-state index >= 15 is 0 Å². The fourth-order valence-corrected chi connectivity index (χ4v) is 3.59. The molecule has 2 aromatic carbocycles. The minimum Gasteiger partial charge on any atom is -0.490 e. The van der Waals surface area contributed by atoms with Gasteiger partial charge in [-0.15, -0.1) is 0 Å². The van der Waals surface area contributed by atoms with Crippen LogP contribution in [0.2, 0.25) is 0 Å². The van der Waals surface area contributed by atoms with Gasteiger partial charge in [0, 0.05) is 6.54 Å². The zero-order valence-electron chi connectivity index (χ0n) is 19.0. The van der Waals surface area contributed by atoms with Crippen molar-refractivity contribution in [2.45, 2.75) is 32.8 Å². The second kappa shape index (κ2) is 11.4. The first-order valence-electron chi connectivity index (χ1n) is 10.8. The third-order valence-corrected chi connectivity index (χ3v) is 5.19. The Morgan fingerprint density at radius 2 is 1.80 bits per heavy atom. The van der Waals surface area contributed by atoms with Crippen molar-refractivity contribution in [2.24, 2.45) is 0 Å². The summed E-state index contributed by atoms with van der Waals surface area (Å²) in [5, 5.41) is 2.99. The molecule has 0 atom stereocenters. The predicted octanol–water partition coefficient (Wildman–Crippen LogP) is 5.02. The minimum atomic E-state index is -4.63. The normalized spacial score (nSPS) is 15.1. The second-order valence-corrected chi connectivity index (χ2v) is 7.77. The summed E-state index contributed by atoms with van der Waals surface area (Å²) < 4.78 is 66.5. The van der Waals surface area contributed by atoms with Crippen molar-refractivity contribution in [2.75, 3.05) is 19.8 Å². The van der Waals surface area contributed by atoms with E-state index in [0.717, 1.165) is 17.7 Å². The lowest BCUT2D eigenvalue weighted by atomic mass is 10.1. The highest BCUT2D eigenvalue weighted by atomic mass is 32.1. The first kappa shape index (κ1) is 26.3. The summed E-state index contributed by atoms with van der Waals surface area (Å²) in [5.74, 6) is 0.376. The molecule has 1 saturated heterocycles. The molecule has 6 nitrogen and oxygen atoms in total. The van der Waals surface area contributed by atoms with Crippen LogP contribution in [0.15, 0.2) is 48.2 Å². The van der Waals surface area contributed by atoms with E-state index in [0.29, 0.717) is 36.7 Å². The number of thiocarbonyl (C=S) groups is 1. The van der Waals surface area contributed by atoms with E-state index in [1.165, 1.54) is 23.1 Å². The Morgan fingerprint density at radius 3 is 2.49 bits per heavy atom. The first-order chi connectivity index (χ1) is 16.6. The van der Waals surface area contributed by atoms with E-state index in [2.05, 4.69) is 10.1 Å². The van der Waals surface area contributed by atoms with E-state index in [-0.39, 0.29) is 17.4 Å². The molecule has 1 N–H and O–H groups in total. The smallest absolute Gasteiger partial charge is 0.461 e. The van der Waals surface area contributed by atoms with Gasteiger partial charge in [-0.1, -0.05) is 18.2 Å². The van der Waals surface area contributed by atoms with E-state index in [9.17, 15) is 22.4 Å². The standard InChI is InChI=1S/C24H24F4N2O4S/c1-3-32-19-9-8-15(14-20(19)33-4-2)10-11-30-21(31)18(29-23(30)35)13-16-6-5-7-17(12-16)34-24(27,28)22(25)26/h5-9,12-14,22H,3-4,10-11H2,1-2H3,(H,29,35)/b18-13+. The molecule has 2 aromatic rings. The van der Waals surface area contributed by atoms with Gasteiger partial charge in [0.1, 0.15) is 11.4 Å². The molecule has 1 aliphatic heterocycles. The summed E-state index contributed by atoms with van der Waals surface area (Å²) in [6, 6.07) is 10.6. The summed E-state index contributed by atoms with van der Waals surface area (Å²) in [6.45, 7) is 5.01. The number of benzene rings is 2. The molecular weight excluding hydrogens is 488 g/mol. The van der Waals surface area contributed by atoms with Gasteiger partial charge in [0.15, 0.2) is 16.6 Å². The summed E-state index contributed by atoms with van der Waals surface area (Å²) in [6.07, 6.45) is -6.74. The maximum Gasteiger partial charge on any atom is 0.461 e. The number of hydrogen-bond donors (Lipinski definition) is 1. The molecule has 1 aliphatic rings. The third kappa shape index (κ3) is 6.62. The van der Waals surface area contributed by atoms with Gasteiger partial charge >= 0.3 is 12.5 Å². The van der Waals surface area contributed by atoms with Crippen molar-refractivity contribution in [1.82, 2.24) is 10.2 Å². The molecule has 0 radical (unpaired) electrons. The Morgan fingerprint density at radius 1 is 1.09 bits per heavy atom. The molecule has 0 aromatic heterocycles. The van der Waals surface area contributed by atoms with Crippen molar-refractivity contribution in [3.8, 4) is 17.2 Å². The summed E-state index contributed by atoms with van der Waals surface area (Å²) in [5.41, 5.74) is 1.32. The molecule has 1 amide bonds. The Kier molecular flexibility index (Phi) is 8.55. The van der Waals surface area contributed by atoms with Crippen molar-refractivity contribution in [3.05, 3.63) is 59.3 Å². The summed E-state index contributed by atoms with van der Waals surface area (Å²) in [4.78, 5) is 14.2. The van der Waals surface area contributed by atoms with E-state index in [1.807, 2.05) is 32.0 Å². The summed E-state index contributed by atoms with van der Waals surface area (Å²) >= 11 is 5.28. The number of rotatable bonds is 11. The van der Waals surface area contributed by atoms with Gasteiger partial charge in [0.25, 0.3) is 5.91 Å². The van der Waals surface area contributed by atoms with Crippen LogP contribution in [0.25, 0.3) is 6.08 Å². The quantitative estimate of drug-likeness (QED) is 0.259.